The highest BCUT2D eigenvalue weighted by atomic mass is 32.1. The summed E-state index contributed by atoms with van der Waals surface area (Å²) in [6, 6.07) is 10.2. The molecule has 0 saturated heterocycles. The largest absolute Gasteiger partial charge is 0.482 e. The number of carbonyl (C=O) groups is 2. The molecule has 2 aromatic carbocycles. The van der Waals surface area contributed by atoms with Crippen molar-refractivity contribution in [3.05, 3.63) is 59.5 Å². The van der Waals surface area contributed by atoms with Gasteiger partial charge in [-0.25, -0.2) is 13.8 Å². The Bertz CT molecular complexity index is 1090. The van der Waals surface area contributed by atoms with Gasteiger partial charge in [-0.2, -0.15) is 0 Å². The molecule has 0 spiro atoms. The number of thiazole rings is 1. The van der Waals surface area contributed by atoms with Gasteiger partial charge in [0.2, 0.25) is 5.91 Å². The number of para-hydroxylation sites is 2. The van der Waals surface area contributed by atoms with E-state index in [1.54, 1.807) is 24.3 Å². The molecule has 148 valence electrons. The van der Waals surface area contributed by atoms with Crippen molar-refractivity contribution in [2.24, 2.45) is 0 Å². The number of anilines is 2. The van der Waals surface area contributed by atoms with Gasteiger partial charge in [-0.05, 0) is 30.3 Å². The minimum absolute atomic E-state index is 0.0252. The van der Waals surface area contributed by atoms with Crippen LogP contribution in [-0.2, 0) is 9.59 Å². The van der Waals surface area contributed by atoms with Crippen LogP contribution in [-0.4, -0.2) is 29.9 Å². The van der Waals surface area contributed by atoms with E-state index in [1.165, 1.54) is 10.3 Å². The maximum atomic E-state index is 13.9. The first-order valence-electron chi connectivity index (χ1n) is 8.74. The summed E-state index contributed by atoms with van der Waals surface area (Å²) in [4.78, 5) is 30.1. The molecular weight excluding hydrogens is 400 g/mol. The zero-order valence-corrected chi connectivity index (χ0v) is 15.8. The van der Waals surface area contributed by atoms with Crippen LogP contribution in [0.5, 0.6) is 5.75 Å². The Labute approximate surface area is 168 Å². The van der Waals surface area contributed by atoms with Crippen molar-refractivity contribution >= 4 is 34.0 Å². The van der Waals surface area contributed by atoms with E-state index < -0.39 is 11.6 Å². The summed E-state index contributed by atoms with van der Waals surface area (Å²) >= 11 is 1.11. The summed E-state index contributed by atoms with van der Waals surface area (Å²) in [5.41, 5.74) is 0.881. The van der Waals surface area contributed by atoms with Crippen molar-refractivity contribution in [3.63, 3.8) is 0 Å². The van der Waals surface area contributed by atoms with Crippen LogP contribution >= 0.6 is 11.3 Å². The fourth-order valence-corrected chi connectivity index (χ4v) is 3.67. The lowest BCUT2D eigenvalue weighted by Crippen LogP contribution is -2.40. The van der Waals surface area contributed by atoms with E-state index in [2.05, 4.69) is 10.3 Å². The number of hydrogen-bond donors (Lipinski definition) is 1. The third kappa shape index (κ3) is 4.09. The second-order valence-corrected chi connectivity index (χ2v) is 7.12. The van der Waals surface area contributed by atoms with Crippen molar-refractivity contribution in [1.29, 1.82) is 0 Å². The van der Waals surface area contributed by atoms with E-state index in [4.69, 9.17) is 4.74 Å². The highest BCUT2D eigenvalue weighted by Gasteiger charge is 2.25. The summed E-state index contributed by atoms with van der Waals surface area (Å²) in [7, 11) is 0. The van der Waals surface area contributed by atoms with Crippen LogP contribution in [0.2, 0.25) is 0 Å². The number of carbonyl (C=O) groups excluding carboxylic acids is 2. The van der Waals surface area contributed by atoms with Crippen LogP contribution in [0.3, 0.4) is 0 Å². The molecule has 0 saturated carbocycles. The summed E-state index contributed by atoms with van der Waals surface area (Å²) in [6.45, 7) is 0.107. The van der Waals surface area contributed by atoms with E-state index in [0.29, 0.717) is 11.4 Å². The third-order valence-corrected chi connectivity index (χ3v) is 5.08. The standard InChI is InChI=1S/C20H15F2N3O3S/c21-12-5-6-14(22)13(9-12)15-11-29-20(23-15)24-18(26)7-8-25-16-3-1-2-4-17(16)28-10-19(25)27/h1-6,9,11H,7-8,10H2,(H,23,24,26). The quantitative estimate of drug-likeness (QED) is 0.687. The van der Waals surface area contributed by atoms with Gasteiger partial charge in [0.25, 0.3) is 5.91 Å². The lowest BCUT2D eigenvalue weighted by molar-refractivity contribution is -0.121. The van der Waals surface area contributed by atoms with E-state index in [-0.39, 0.29) is 47.8 Å². The Hall–Kier alpha value is -3.33. The zero-order valence-electron chi connectivity index (χ0n) is 15.0. The molecule has 0 unspecified atom stereocenters. The Morgan fingerprint density at radius 1 is 1.24 bits per heavy atom. The van der Waals surface area contributed by atoms with Gasteiger partial charge in [0.1, 0.15) is 17.4 Å². The number of ether oxygens (including phenoxy) is 1. The monoisotopic (exact) mass is 415 g/mol. The summed E-state index contributed by atoms with van der Waals surface area (Å²) in [5, 5.41) is 4.43. The van der Waals surface area contributed by atoms with E-state index >= 15 is 0 Å². The van der Waals surface area contributed by atoms with Crippen LogP contribution in [0.15, 0.2) is 47.8 Å². The smallest absolute Gasteiger partial charge is 0.265 e. The molecule has 29 heavy (non-hydrogen) atoms. The Kier molecular flexibility index (Phi) is 5.22. The second kappa shape index (κ2) is 7.96. The molecule has 6 nitrogen and oxygen atoms in total. The number of rotatable bonds is 5. The SMILES string of the molecule is O=C(CCN1C(=O)COc2ccccc21)Nc1nc(-c2cc(F)ccc2F)cs1. The van der Waals surface area contributed by atoms with Gasteiger partial charge in [0.15, 0.2) is 11.7 Å². The topological polar surface area (TPSA) is 71.5 Å². The molecule has 9 heteroatoms. The zero-order chi connectivity index (χ0) is 20.4. The number of fused-ring (bicyclic) bond motifs is 1. The van der Waals surface area contributed by atoms with Crippen LogP contribution in [0.25, 0.3) is 11.3 Å². The average Bonchev–Trinajstić information content (AvgIpc) is 3.17. The van der Waals surface area contributed by atoms with Crippen molar-refractivity contribution in [2.75, 3.05) is 23.4 Å². The number of aromatic nitrogens is 1. The Morgan fingerprint density at radius 3 is 2.93 bits per heavy atom. The number of halogens is 2. The molecule has 2 heterocycles. The van der Waals surface area contributed by atoms with Crippen molar-refractivity contribution in [3.8, 4) is 17.0 Å². The third-order valence-electron chi connectivity index (χ3n) is 4.33. The van der Waals surface area contributed by atoms with Gasteiger partial charge >= 0.3 is 0 Å². The molecular formula is C20H15F2N3O3S. The maximum Gasteiger partial charge on any atom is 0.265 e. The van der Waals surface area contributed by atoms with Gasteiger partial charge in [-0.15, -0.1) is 11.3 Å². The van der Waals surface area contributed by atoms with Gasteiger partial charge in [-0.3, -0.25) is 9.59 Å². The minimum Gasteiger partial charge on any atom is -0.482 e. The normalized spacial score (nSPS) is 13.0. The highest BCUT2D eigenvalue weighted by molar-refractivity contribution is 7.14. The van der Waals surface area contributed by atoms with Crippen molar-refractivity contribution in [2.45, 2.75) is 6.42 Å². The molecule has 4 rings (SSSR count). The highest BCUT2D eigenvalue weighted by Crippen LogP contribution is 2.31. The van der Waals surface area contributed by atoms with Crippen LogP contribution in [0.1, 0.15) is 6.42 Å². The van der Waals surface area contributed by atoms with E-state index in [0.717, 1.165) is 29.5 Å². The summed E-state index contributed by atoms with van der Waals surface area (Å²) < 4.78 is 32.6. The number of amides is 2. The van der Waals surface area contributed by atoms with Crippen molar-refractivity contribution in [1.82, 2.24) is 4.98 Å². The molecule has 3 aromatic rings. The number of benzene rings is 2. The molecule has 0 fully saturated rings. The predicted octanol–water partition coefficient (Wildman–Crippen LogP) is 3.84. The molecule has 1 aliphatic rings. The van der Waals surface area contributed by atoms with Gasteiger partial charge < -0.3 is 15.0 Å². The van der Waals surface area contributed by atoms with Gasteiger partial charge in [0.05, 0.1) is 11.4 Å². The molecule has 1 aromatic heterocycles. The fraction of sp³-hybridized carbons (Fsp3) is 0.150. The molecule has 1 aliphatic heterocycles. The Morgan fingerprint density at radius 2 is 2.07 bits per heavy atom. The second-order valence-electron chi connectivity index (χ2n) is 6.26. The molecule has 0 radical (unpaired) electrons. The van der Waals surface area contributed by atoms with E-state index in [9.17, 15) is 18.4 Å². The van der Waals surface area contributed by atoms with Gasteiger partial charge in [-0.1, -0.05) is 12.1 Å². The molecule has 0 atom stereocenters. The van der Waals surface area contributed by atoms with Gasteiger partial charge in [0, 0.05) is 23.9 Å². The summed E-state index contributed by atoms with van der Waals surface area (Å²) in [6.07, 6.45) is 0.0450. The van der Waals surface area contributed by atoms with E-state index in [1.807, 2.05) is 0 Å². The lowest BCUT2D eigenvalue weighted by Gasteiger charge is -2.29. The first-order valence-corrected chi connectivity index (χ1v) is 9.62. The first-order chi connectivity index (χ1) is 14.0. The lowest BCUT2D eigenvalue weighted by atomic mass is 10.1. The number of nitrogens with zero attached hydrogens (tertiary/aromatic N) is 2. The molecule has 0 bridgehead atoms. The van der Waals surface area contributed by atoms with Crippen LogP contribution in [0, 0.1) is 11.6 Å². The minimum atomic E-state index is -0.598. The Balaban J connectivity index is 1.40. The van der Waals surface area contributed by atoms with Crippen LogP contribution < -0.4 is 15.0 Å². The predicted molar refractivity (Wildman–Crippen MR) is 105 cm³/mol. The fourth-order valence-electron chi connectivity index (χ4n) is 2.94. The van der Waals surface area contributed by atoms with Crippen molar-refractivity contribution < 1.29 is 23.1 Å². The van der Waals surface area contributed by atoms with Crippen LogP contribution in [0.4, 0.5) is 19.6 Å². The average molecular weight is 415 g/mol. The maximum absolute atomic E-state index is 13.9. The number of nitrogens with one attached hydrogen (secondary N) is 1. The number of hydrogen-bond acceptors (Lipinski definition) is 5. The molecule has 1 N–H and O–H groups in total. The first kappa shape index (κ1) is 19.0. The molecule has 0 aliphatic carbocycles. The molecule has 2 amide bonds. The summed E-state index contributed by atoms with van der Waals surface area (Å²) in [5.74, 6) is -1.15.